The van der Waals surface area contributed by atoms with Crippen molar-refractivity contribution in [2.75, 3.05) is 39.6 Å². The number of hydrogen-bond acceptors (Lipinski definition) is 15. The predicted molar refractivity (Wildman–Crippen MR) is 428 cm³/mol. The summed E-state index contributed by atoms with van der Waals surface area (Å²) in [5.74, 6) is 0.215. The lowest BCUT2D eigenvalue weighted by atomic mass is 10.0. The summed E-state index contributed by atoms with van der Waals surface area (Å²) in [6, 6.07) is 0. The molecule has 0 aromatic rings. The number of aliphatic hydroxyl groups is 1. The van der Waals surface area contributed by atoms with Crippen LogP contribution in [0.15, 0.2) is 0 Å². The van der Waals surface area contributed by atoms with Gasteiger partial charge in [0.25, 0.3) is 0 Å². The maximum absolute atomic E-state index is 13.1. The van der Waals surface area contributed by atoms with Crippen LogP contribution in [0.1, 0.15) is 447 Å². The number of unbranched alkanes of at least 4 members (excludes halogenated alkanes) is 51. The zero-order valence-corrected chi connectivity index (χ0v) is 70.3. The van der Waals surface area contributed by atoms with E-state index in [1.54, 1.807) is 0 Å². The Labute approximate surface area is 638 Å². The molecule has 0 aliphatic rings. The molecule has 3 N–H and O–H groups in total. The molecule has 0 saturated heterocycles. The van der Waals surface area contributed by atoms with Crippen molar-refractivity contribution in [1.29, 1.82) is 0 Å². The van der Waals surface area contributed by atoms with Gasteiger partial charge >= 0.3 is 39.5 Å². The van der Waals surface area contributed by atoms with Gasteiger partial charge in [0.2, 0.25) is 0 Å². The first-order valence-electron chi connectivity index (χ1n) is 43.8. The Morgan fingerprint density at radius 1 is 0.260 bits per heavy atom. The summed E-state index contributed by atoms with van der Waals surface area (Å²) in [7, 11) is -9.92. The van der Waals surface area contributed by atoms with Gasteiger partial charge in [0.1, 0.15) is 19.3 Å². The number of ether oxygens (including phenoxy) is 4. The molecule has 5 atom stereocenters. The lowest BCUT2D eigenvalue weighted by Crippen LogP contribution is -2.30. The van der Waals surface area contributed by atoms with Crippen molar-refractivity contribution in [2.24, 2.45) is 17.8 Å². The molecule has 0 aromatic heterocycles. The fraction of sp³-hybridized carbons (Fsp3) is 0.953. The molecule has 0 aliphatic carbocycles. The normalized spacial score (nSPS) is 13.9. The Balaban J connectivity index is 5.19. The molecular weight excluding hydrogens is 1350 g/mol. The van der Waals surface area contributed by atoms with Crippen molar-refractivity contribution < 1.29 is 80.2 Å². The molecule has 2 unspecified atom stereocenters. The average molecular weight is 1520 g/mol. The van der Waals surface area contributed by atoms with Gasteiger partial charge in [-0.3, -0.25) is 37.3 Å². The van der Waals surface area contributed by atoms with Gasteiger partial charge in [-0.05, 0) is 43.4 Å². The van der Waals surface area contributed by atoms with Crippen LogP contribution < -0.4 is 0 Å². The van der Waals surface area contributed by atoms with Crippen molar-refractivity contribution in [3.8, 4) is 0 Å². The van der Waals surface area contributed by atoms with E-state index in [1.165, 1.54) is 250 Å². The number of esters is 4. The first-order chi connectivity index (χ1) is 50.2. The zero-order chi connectivity index (χ0) is 76.5. The molecule has 0 heterocycles. The summed E-state index contributed by atoms with van der Waals surface area (Å²) in [5, 5.41) is 10.7. The minimum absolute atomic E-state index is 0.107. The summed E-state index contributed by atoms with van der Waals surface area (Å²) < 4.78 is 68.8. The number of phosphoric ester groups is 2. The van der Waals surface area contributed by atoms with Gasteiger partial charge in [-0.2, -0.15) is 0 Å². The Morgan fingerprint density at radius 3 is 0.654 bits per heavy atom. The van der Waals surface area contributed by atoms with E-state index in [0.717, 1.165) is 108 Å². The second-order valence-corrected chi connectivity index (χ2v) is 34.9. The van der Waals surface area contributed by atoms with Crippen molar-refractivity contribution in [3.63, 3.8) is 0 Å². The molecule has 0 bridgehead atoms. The van der Waals surface area contributed by atoms with Crippen LogP contribution in [-0.2, 0) is 65.4 Å². The van der Waals surface area contributed by atoms with Crippen LogP contribution in [0.2, 0.25) is 0 Å². The van der Waals surface area contributed by atoms with E-state index in [0.29, 0.717) is 31.6 Å². The van der Waals surface area contributed by atoms with Gasteiger partial charge in [0.05, 0.1) is 26.4 Å². The van der Waals surface area contributed by atoms with Gasteiger partial charge in [-0.25, -0.2) is 9.13 Å². The zero-order valence-electron chi connectivity index (χ0n) is 68.5. The number of hydrogen-bond donors (Lipinski definition) is 3. The molecule has 0 saturated carbocycles. The van der Waals surface area contributed by atoms with Crippen LogP contribution >= 0.6 is 15.6 Å². The lowest BCUT2D eigenvalue weighted by Gasteiger charge is -2.21. The molecule has 0 rings (SSSR count). The second-order valence-electron chi connectivity index (χ2n) is 32.0. The number of rotatable bonds is 83. The van der Waals surface area contributed by atoms with Gasteiger partial charge in [0.15, 0.2) is 12.2 Å². The number of carbonyl (C=O) groups excluding carboxylic acids is 4. The molecule has 0 fully saturated rings. The number of aliphatic hydroxyl groups excluding tert-OH is 1. The number of carbonyl (C=O) groups is 4. The Kier molecular flexibility index (Phi) is 73.7. The van der Waals surface area contributed by atoms with E-state index in [4.69, 9.17) is 37.0 Å². The maximum atomic E-state index is 13.1. The molecule has 0 aromatic carbocycles. The van der Waals surface area contributed by atoms with Crippen molar-refractivity contribution in [3.05, 3.63) is 0 Å². The van der Waals surface area contributed by atoms with Crippen LogP contribution in [0, 0.1) is 17.8 Å². The molecule has 104 heavy (non-hydrogen) atoms. The van der Waals surface area contributed by atoms with E-state index >= 15 is 0 Å². The molecule has 19 heteroatoms. The van der Waals surface area contributed by atoms with E-state index in [9.17, 15) is 43.2 Å². The molecule has 17 nitrogen and oxygen atoms in total. The molecule has 0 spiro atoms. The highest BCUT2D eigenvalue weighted by Gasteiger charge is 2.30. The van der Waals surface area contributed by atoms with E-state index in [1.807, 2.05) is 0 Å². The molecule has 0 amide bonds. The summed E-state index contributed by atoms with van der Waals surface area (Å²) >= 11 is 0. The van der Waals surface area contributed by atoms with Crippen molar-refractivity contribution >= 4 is 39.5 Å². The highest BCUT2D eigenvalue weighted by atomic mass is 31.2. The average Bonchev–Trinajstić information content (AvgIpc) is 0.907. The smallest absolute Gasteiger partial charge is 0.462 e. The first kappa shape index (κ1) is 102. The molecule has 618 valence electrons. The Hall–Kier alpha value is -1.94. The van der Waals surface area contributed by atoms with E-state index in [-0.39, 0.29) is 25.7 Å². The first-order valence-corrected chi connectivity index (χ1v) is 46.8. The van der Waals surface area contributed by atoms with Gasteiger partial charge < -0.3 is 33.8 Å². The minimum Gasteiger partial charge on any atom is -0.462 e. The summed E-state index contributed by atoms with van der Waals surface area (Å²) in [6.07, 6.45) is 65.5. The highest BCUT2D eigenvalue weighted by Crippen LogP contribution is 2.45. The van der Waals surface area contributed by atoms with Gasteiger partial charge in [-0.15, -0.1) is 0 Å². The Morgan fingerprint density at radius 2 is 0.442 bits per heavy atom. The fourth-order valence-corrected chi connectivity index (χ4v) is 14.8. The van der Waals surface area contributed by atoms with Crippen LogP contribution in [0.4, 0.5) is 0 Å². The lowest BCUT2D eigenvalue weighted by molar-refractivity contribution is -0.161. The van der Waals surface area contributed by atoms with Crippen LogP contribution in [0.25, 0.3) is 0 Å². The van der Waals surface area contributed by atoms with Gasteiger partial charge in [-0.1, -0.05) is 395 Å². The standard InChI is InChI=1S/C85H166O17P2/c1-8-9-10-11-12-13-14-27-35-40-45-54-61-68-85(90)102-81(73-96-83(88)67-60-53-48-47-51-58-65-78(6)7)75-100-104(93,94)98-71-79(86)70-97-103(91,92)99-74-80(101-84(89)69-62-55-46-41-36-31-26-22-18-16-20-24-29-33-38-43-50-57-64-77(4)5)72-95-82(87)66-59-52-44-39-34-30-25-21-17-15-19-23-28-32-37-42-49-56-63-76(2)3/h76-81,86H,8-75H2,1-7H3,(H,91,92)(H,93,94)/t79-,80-,81-/m1/s1. The maximum Gasteiger partial charge on any atom is 0.472 e. The number of phosphoric acid groups is 2. The third kappa shape index (κ3) is 78.2. The van der Waals surface area contributed by atoms with Crippen molar-refractivity contribution in [2.45, 2.75) is 465 Å². The fourth-order valence-electron chi connectivity index (χ4n) is 13.2. The summed E-state index contributed by atoms with van der Waals surface area (Å²) in [6.45, 7) is 12.0. The highest BCUT2D eigenvalue weighted by molar-refractivity contribution is 7.47. The SMILES string of the molecule is CCCCCCCCCCCCCCCC(=O)O[C@H](COC(=O)CCCCCCCCC(C)C)COP(=O)(O)OC[C@H](O)COP(=O)(O)OC[C@@H](COC(=O)CCCCCCCCCCCCCCCCCCCCC(C)C)OC(=O)CCCCCCCCCCCCCCCCCCCCC(C)C. The second kappa shape index (κ2) is 75.1. The van der Waals surface area contributed by atoms with Crippen LogP contribution in [0.5, 0.6) is 0 Å². The monoisotopic (exact) mass is 1520 g/mol. The third-order valence-corrected chi connectivity index (χ3v) is 21.8. The van der Waals surface area contributed by atoms with Crippen LogP contribution in [0.3, 0.4) is 0 Å². The molecular formula is C85H166O17P2. The predicted octanol–water partition coefficient (Wildman–Crippen LogP) is 25.7. The minimum atomic E-state index is -4.97. The van der Waals surface area contributed by atoms with E-state index in [2.05, 4.69) is 48.5 Å². The third-order valence-electron chi connectivity index (χ3n) is 19.9. The molecule has 0 radical (unpaired) electrons. The molecule has 0 aliphatic heterocycles. The van der Waals surface area contributed by atoms with Crippen molar-refractivity contribution in [1.82, 2.24) is 0 Å². The van der Waals surface area contributed by atoms with Gasteiger partial charge in [0, 0.05) is 25.7 Å². The summed E-state index contributed by atoms with van der Waals surface area (Å²) in [5.41, 5.74) is 0. The quantitative estimate of drug-likeness (QED) is 0.0222. The largest absolute Gasteiger partial charge is 0.472 e. The van der Waals surface area contributed by atoms with Crippen LogP contribution in [-0.4, -0.2) is 96.7 Å². The topological polar surface area (TPSA) is 237 Å². The summed E-state index contributed by atoms with van der Waals surface area (Å²) in [4.78, 5) is 73.1. The van der Waals surface area contributed by atoms with E-state index < -0.39 is 97.5 Å². The Bertz CT molecular complexity index is 2010.